The van der Waals surface area contributed by atoms with E-state index in [2.05, 4.69) is 4.90 Å². The van der Waals surface area contributed by atoms with Crippen LogP contribution >= 0.6 is 0 Å². The van der Waals surface area contributed by atoms with Gasteiger partial charge in [-0.05, 0) is 61.1 Å². The van der Waals surface area contributed by atoms with Gasteiger partial charge in [0, 0.05) is 18.6 Å². The number of alkyl halides is 6. The highest BCUT2D eigenvalue weighted by Gasteiger charge is 2.59. The third-order valence-corrected chi connectivity index (χ3v) is 8.13. The fourth-order valence-corrected chi connectivity index (χ4v) is 6.34. The Morgan fingerprint density at radius 1 is 0.872 bits per heavy atom. The molecule has 39 heavy (non-hydrogen) atoms. The largest absolute Gasteiger partial charge is 0.416 e. The van der Waals surface area contributed by atoms with Gasteiger partial charge in [0.25, 0.3) is 0 Å². The second kappa shape index (κ2) is 10.3. The van der Waals surface area contributed by atoms with Gasteiger partial charge in [-0.2, -0.15) is 26.3 Å². The van der Waals surface area contributed by atoms with Gasteiger partial charge in [-0.3, -0.25) is 4.90 Å². The molecule has 0 radical (unpaired) electrons. The fraction of sp³-hybridized carbons (Fsp3) is 0.400. The number of fused-ring (bicyclic) bond motifs is 2. The number of hydrogen-bond acceptors (Lipinski definition) is 3. The van der Waals surface area contributed by atoms with Gasteiger partial charge in [0.05, 0.1) is 28.9 Å². The van der Waals surface area contributed by atoms with E-state index < -0.39 is 41.2 Å². The summed E-state index contributed by atoms with van der Waals surface area (Å²) in [6, 6.07) is 21.2. The molecule has 9 heteroatoms. The van der Waals surface area contributed by atoms with E-state index in [0.717, 1.165) is 23.3 Å². The van der Waals surface area contributed by atoms with Gasteiger partial charge in [0.15, 0.2) is 0 Å². The predicted molar refractivity (Wildman–Crippen MR) is 135 cm³/mol. The first kappa shape index (κ1) is 27.7. The molecule has 2 heterocycles. The van der Waals surface area contributed by atoms with Crippen LogP contribution < -0.4 is 5.73 Å². The standard InChI is InChI=1S/C30H30F6N2O/c1-19(21-14-23(29(31,32)33)16-24(15-21)30(34,35)36)39-27-13-12-26-25(37)17-28(27,22-10-6-3-7-11-22)38(26)18-20-8-4-2-5-9-20/h2-11,14-16,19,25-27H,12-13,17-18,37H2,1H3. The van der Waals surface area contributed by atoms with E-state index in [1.165, 1.54) is 6.92 Å². The van der Waals surface area contributed by atoms with Crippen molar-refractivity contribution in [1.82, 2.24) is 4.90 Å². The van der Waals surface area contributed by atoms with Crippen LogP contribution in [0, 0.1) is 0 Å². The molecule has 3 aromatic carbocycles. The van der Waals surface area contributed by atoms with Crippen molar-refractivity contribution in [2.45, 2.75) is 74.9 Å². The zero-order valence-electron chi connectivity index (χ0n) is 21.3. The number of nitrogens with two attached hydrogens (primary N) is 1. The van der Waals surface area contributed by atoms with Crippen LogP contribution in [0.5, 0.6) is 0 Å². The lowest BCUT2D eigenvalue weighted by Crippen LogP contribution is -2.57. The third kappa shape index (κ3) is 5.32. The quantitative estimate of drug-likeness (QED) is 0.325. The van der Waals surface area contributed by atoms with Crippen LogP contribution in [0.4, 0.5) is 26.3 Å². The molecule has 208 valence electrons. The van der Waals surface area contributed by atoms with Crippen LogP contribution in [-0.2, 0) is 29.2 Å². The Morgan fingerprint density at radius 3 is 2.00 bits per heavy atom. The monoisotopic (exact) mass is 548 g/mol. The molecule has 2 aliphatic rings. The molecule has 5 unspecified atom stereocenters. The summed E-state index contributed by atoms with van der Waals surface area (Å²) >= 11 is 0. The van der Waals surface area contributed by atoms with Crippen LogP contribution in [0.25, 0.3) is 0 Å². The Labute approximate surface area is 223 Å². The van der Waals surface area contributed by atoms with Gasteiger partial charge in [0.1, 0.15) is 0 Å². The molecule has 0 spiro atoms. The van der Waals surface area contributed by atoms with Gasteiger partial charge < -0.3 is 10.5 Å². The molecule has 2 bridgehead atoms. The van der Waals surface area contributed by atoms with Crippen molar-refractivity contribution in [3.05, 3.63) is 107 Å². The zero-order valence-corrected chi connectivity index (χ0v) is 21.3. The molecule has 0 aliphatic carbocycles. The zero-order chi connectivity index (χ0) is 28.0. The summed E-state index contributed by atoms with van der Waals surface area (Å²) in [6.07, 6.45) is -9.54. The second-order valence-corrected chi connectivity index (χ2v) is 10.5. The third-order valence-electron chi connectivity index (χ3n) is 8.13. The van der Waals surface area contributed by atoms with Gasteiger partial charge in [0.2, 0.25) is 0 Å². The normalized spacial score (nSPS) is 26.5. The molecule has 2 aliphatic heterocycles. The molecule has 0 aromatic heterocycles. The Bertz CT molecular complexity index is 1250. The summed E-state index contributed by atoms with van der Waals surface area (Å²) in [4.78, 5) is 2.33. The molecule has 2 saturated heterocycles. The number of nitrogens with zero attached hydrogens (tertiary/aromatic N) is 1. The van der Waals surface area contributed by atoms with E-state index in [0.29, 0.717) is 25.8 Å². The van der Waals surface area contributed by atoms with E-state index in [-0.39, 0.29) is 23.7 Å². The number of rotatable bonds is 6. The fourth-order valence-electron chi connectivity index (χ4n) is 6.34. The minimum absolute atomic E-state index is 0.0611. The van der Waals surface area contributed by atoms with E-state index in [1.807, 2.05) is 60.7 Å². The van der Waals surface area contributed by atoms with Gasteiger partial charge in [-0.15, -0.1) is 0 Å². The van der Waals surface area contributed by atoms with Crippen LogP contribution in [0.2, 0.25) is 0 Å². The summed E-state index contributed by atoms with van der Waals surface area (Å²) in [5.41, 5.74) is 5.17. The Kier molecular flexibility index (Phi) is 7.28. The summed E-state index contributed by atoms with van der Waals surface area (Å²) in [5.74, 6) is 0. The first-order valence-electron chi connectivity index (χ1n) is 13.0. The minimum atomic E-state index is -4.93. The van der Waals surface area contributed by atoms with Crippen molar-refractivity contribution in [2.24, 2.45) is 5.73 Å². The topological polar surface area (TPSA) is 38.5 Å². The van der Waals surface area contributed by atoms with Gasteiger partial charge in [-0.1, -0.05) is 60.7 Å². The average Bonchev–Trinajstić information content (AvgIpc) is 3.08. The maximum atomic E-state index is 13.5. The second-order valence-electron chi connectivity index (χ2n) is 10.5. The Balaban J connectivity index is 1.55. The van der Waals surface area contributed by atoms with Gasteiger partial charge in [-0.25, -0.2) is 0 Å². The van der Waals surface area contributed by atoms with E-state index in [1.54, 1.807) is 0 Å². The van der Waals surface area contributed by atoms with Crippen molar-refractivity contribution in [2.75, 3.05) is 0 Å². The molecule has 2 fully saturated rings. The molecule has 3 nitrogen and oxygen atoms in total. The average molecular weight is 549 g/mol. The molecule has 0 amide bonds. The lowest BCUT2D eigenvalue weighted by molar-refractivity contribution is -0.144. The lowest BCUT2D eigenvalue weighted by Gasteiger charge is -2.50. The van der Waals surface area contributed by atoms with Crippen LogP contribution in [0.1, 0.15) is 60.1 Å². The molecular formula is C30H30F6N2O. The number of benzene rings is 3. The summed E-state index contributed by atoms with van der Waals surface area (Å²) in [6.45, 7) is 2.10. The molecule has 5 rings (SSSR count). The lowest BCUT2D eigenvalue weighted by atomic mass is 9.78. The maximum Gasteiger partial charge on any atom is 0.416 e. The van der Waals surface area contributed by atoms with E-state index >= 15 is 0 Å². The molecule has 3 aromatic rings. The first-order chi connectivity index (χ1) is 18.4. The minimum Gasteiger partial charge on any atom is -0.368 e. The van der Waals surface area contributed by atoms with Crippen molar-refractivity contribution >= 4 is 0 Å². The summed E-state index contributed by atoms with van der Waals surface area (Å²) in [5, 5.41) is 0. The highest BCUT2D eigenvalue weighted by Crippen LogP contribution is 2.53. The number of ether oxygens (including phenoxy) is 1. The summed E-state index contributed by atoms with van der Waals surface area (Å²) < 4.78 is 87.7. The van der Waals surface area contributed by atoms with Crippen molar-refractivity contribution in [1.29, 1.82) is 0 Å². The predicted octanol–water partition coefficient (Wildman–Crippen LogP) is 7.46. The van der Waals surface area contributed by atoms with Crippen molar-refractivity contribution < 1.29 is 31.1 Å². The van der Waals surface area contributed by atoms with Crippen molar-refractivity contribution in [3.8, 4) is 0 Å². The van der Waals surface area contributed by atoms with Crippen LogP contribution in [-0.4, -0.2) is 23.1 Å². The van der Waals surface area contributed by atoms with Crippen LogP contribution in [0.3, 0.4) is 0 Å². The first-order valence-corrected chi connectivity index (χ1v) is 13.0. The molecule has 5 atom stereocenters. The van der Waals surface area contributed by atoms with Crippen LogP contribution in [0.15, 0.2) is 78.9 Å². The SMILES string of the molecule is CC(OC1CCC2C(N)CC1(c1ccccc1)N2Cc1ccccc1)c1cc(C(F)(F)F)cc(C(F)(F)F)c1. The summed E-state index contributed by atoms with van der Waals surface area (Å²) in [7, 11) is 0. The smallest absolute Gasteiger partial charge is 0.368 e. The molecule has 2 N–H and O–H groups in total. The number of piperidine rings is 1. The maximum absolute atomic E-state index is 13.5. The highest BCUT2D eigenvalue weighted by atomic mass is 19.4. The molecular weight excluding hydrogens is 518 g/mol. The van der Waals surface area contributed by atoms with E-state index in [9.17, 15) is 26.3 Å². The molecule has 0 saturated carbocycles. The number of halogens is 6. The highest BCUT2D eigenvalue weighted by molar-refractivity contribution is 5.36. The van der Waals surface area contributed by atoms with E-state index in [4.69, 9.17) is 10.5 Å². The number of hydrogen-bond donors (Lipinski definition) is 1. The Morgan fingerprint density at radius 2 is 1.44 bits per heavy atom. The Hall–Kier alpha value is -2.88. The van der Waals surface area contributed by atoms with Crippen molar-refractivity contribution in [3.63, 3.8) is 0 Å². The van der Waals surface area contributed by atoms with Gasteiger partial charge >= 0.3 is 12.4 Å².